The fourth-order valence-electron chi connectivity index (χ4n) is 6.29. The maximum atomic E-state index is 14.0. The lowest BCUT2D eigenvalue weighted by atomic mass is 9.58. The van der Waals surface area contributed by atoms with E-state index in [4.69, 9.17) is 10.5 Å². The Hall–Kier alpha value is -3.96. The SMILES string of the molecule is COc1c2c(c(O)c3cc(F)ccc13)C(=O)C1=C(O)[C@]3(O)C(=O)C(C(N)=O)=C(O)[C@@H](N(C)C)[C@@H]3C[C@@H]1C2. The number of halogens is 1. The number of phenolic OH excluding ortho intramolecular Hbond substituents is 1. The Labute approximate surface area is 210 Å². The predicted octanol–water partition coefficient (Wildman–Crippen LogP) is 1.42. The molecule has 5 rings (SSSR count). The molecule has 37 heavy (non-hydrogen) atoms. The standard InChI is InChI=1S/C26H25FN2O8/c1-29(2)18-14-7-9-6-13-16(19(30)12-8-10(27)4-5-11(12)22(13)37-3)20(31)15(9)23(33)26(14,36)24(34)17(21(18)32)25(28)35/h4-5,8-9,14,18,30,32-33,36H,6-7H2,1-3H3,(H2,28,35)/t9-,14-,18-,26-/m0/s1. The topological polar surface area (TPSA) is 171 Å². The molecule has 1 amide bonds. The quantitative estimate of drug-likeness (QED) is 0.382. The van der Waals surface area contributed by atoms with Crippen LogP contribution in [0.1, 0.15) is 22.3 Å². The van der Waals surface area contributed by atoms with Crippen LogP contribution in [0.15, 0.2) is 40.9 Å². The number of hydrogen-bond donors (Lipinski definition) is 5. The molecule has 4 atom stereocenters. The highest BCUT2D eigenvalue weighted by molar-refractivity contribution is 6.25. The van der Waals surface area contributed by atoms with Crippen molar-refractivity contribution in [2.45, 2.75) is 24.5 Å². The Balaban J connectivity index is 1.79. The summed E-state index contributed by atoms with van der Waals surface area (Å²) in [6.45, 7) is 0. The molecule has 3 aliphatic carbocycles. The van der Waals surface area contributed by atoms with Crippen molar-refractivity contribution in [3.63, 3.8) is 0 Å². The van der Waals surface area contributed by atoms with Gasteiger partial charge in [-0.2, -0.15) is 0 Å². The van der Waals surface area contributed by atoms with Crippen molar-refractivity contribution in [1.29, 1.82) is 0 Å². The van der Waals surface area contributed by atoms with Crippen LogP contribution < -0.4 is 10.5 Å². The van der Waals surface area contributed by atoms with E-state index in [0.29, 0.717) is 10.9 Å². The van der Waals surface area contributed by atoms with E-state index in [1.807, 2.05) is 0 Å². The molecule has 0 saturated heterocycles. The van der Waals surface area contributed by atoms with Crippen LogP contribution in [0, 0.1) is 17.7 Å². The normalized spacial score (nSPS) is 27.4. The van der Waals surface area contributed by atoms with Gasteiger partial charge in [0.05, 0.1) is 18.7 Å². The predicted molar refractivity (Wildman–Crippen MR) is 128 cm³/mol. The molecule has 0 radical (unpaired) electrons. The number of methoxy groups -OCH3 is 1. The summed E-state index contributed by atoms with van der Waals surface area (Å²) in [5.41, 5.74) is 1.51. The molecule has 0 bridgehead atoms. The number of carbonyl (C=O) groups is 3. The number of nitrogens with zero attached hydrogens (tertiary/aromatic N) is 1. The Morgan fingerprint density at radius 1 is 1.19 bits per heavy atom. The molecule has 0 spiro atoms. The molecular formula is C26H25FN2O8. The molecule has 194 valence electrons. The minimum atomic E-state index is -2.73. The maximum absolute atomic E-state index is 14.0. The van der Waals surface area contributed by atoms with Gasteiger partial charge in [0.25, 0.3) is 5.91 Å². The number of ketones is 2. The van der Waals surface area contributed by atoms with Crippen molar-refractivity contribution in [2.75, 3.05) is 21.2 Å². The third-order valence-corrected chi connectivity index (χ3v) is 7.81. The van der Waals surface area contributed by atoms with Crippen LogP contribution in [-0.4, -0.2) is 75.6 Å². The first-order chi connectivity index (χ1) is 17.4. The van der Waals surface area contributed by atoms with Crippen LogP contribution in [-0.2, 0) is 16.0 Å². The van der Waals surface area contributed by atoms with E-state index in [1.165, 1.54) is 24.1 Å². The first-order valence-electron chi connectivity index (χ1n) is 11.5. The van der Waals surface area contributed by atoms with E-state index in [-0.39, 0.29) is 35.1 Å². The lowest BCUT2D eigenvalue weighted by molar-refractivity contribution is -0.148. The van der Waals surface area contributed by atoms with Gasteiger partial charge in [-0.3, -0.25) is 19.3 Å². The number of aliphatic hydroxyl groups is 3. The number of allylic oxidation sites excluding steroid dienone is 1. The van der Waals surface area contributed by atoms with Gasteiger partial charge in [0.2, 0.25) is 5.78 Å². The fourth-order valence-corrected chi connectivity index (χ4v) is 6.29. The smallest absolute Gasteiger partial charge is 0.255 e. The molecule has 0 aromatic heterocycles. The monoisotopic (exact) mass is 512 g/mol. The van der Waals surface area contributed by atoms with E-state index in [2.05, 4.69) is 0 Å². The third-order valence-electron chi connectivity index (χ3n) is 7.81. The number of ether oxygens (including phenoxy) is 1. The van der Waals surface area contributed by atoms with E-state index < -0.39 is 69.6 Å². The number of carbonyl (C=O) groups excluding carboxylic acids is 3. The van der Waals surface area contributed by atoms with Crippen molar-refractivity contribution in [3.05, 3.63) is 57.8 Å². The number of primary amides is 1. The van der Waals surface area contributed by atoms with Crippen LogP contribution >= 0.6 is 0 Å². The fraction of sp³-hybridized carbons (Fsp3) is 0.346. The summed E-state index contributed by atoms with van der Waals surface area (Å²) >= 11 is 0. The zero-order valence-electron chi connectivity index (χ0n) is 20.2. The summed E-state index contributed by atoms with van der Waals surface area (Å²) in [5, 5.41) is 45.2. The molecule has 0 fully saturated rings. The average molecular weight is 512 g/mol. The van der Waals surface area contributed by atoms with Crippen LogP contribution in [0.3, 0.4) is 0 Å². The second-order valence-electron chi connectivity index (χ2n) is 9.89. The molecule has 6 N–H and O–H groups in total. The van der Waals surface area contributed by atoms with Crippen molar-refractivity contribution >= 4 is 28.2 Å². The maximum Gasteiger partial charge on any atom is 0.255 e. The Kier molecular flexibility index (Phi) is 5.36. The molecule has 11 heteroatoms. The largest absolute Gasteiger partial charge is 0.510 e. The van der Waals surface area contributed by atoms with Crippen LogP contribution in [0.2, 0.25) is 0 Å². The highest BCUT2D eigenvalue weighted by Gasteiger charge is 2.63. The van der Waals surface area contributed by atoms with E-state index in [0.717, 1.165) is 6.07 Å². The third kappa shape index (κ3) is 3.07. The lowest BCUT2D eigenvalue weighted by Gasteiger charge is -2.50. The van der Waals surface area contributed by atoms with Gasteiger partial charge in [-0.1, -0.05) is 0 Å². The summed E-state index contributed by atoms with van der Waals surface area (Å²) in [7, 11) is 4.48. The average Bonchev–Trinajstić information content (AvgIpc) is 2.81. The number of nitrogens with two attached hydrogens (primary N) is 1. The van der Waals surface area contributed by atoms with Gasteiger partial charge in [-0.05, 0) is 51.1 Å². The van der Waals surface area contributed by atoms with Crippen molar-refractivity contribution < 1.29 is 43.9 Å². The molecule has 0 saturated carbocycles. The first-order valence-corrected chi connectivity index (χ1v) is 11.5. The molecule has 0 heterocycles. The second-order valence-corrected chi connectivity index (χ2v) is 9.89. The van der Waals surface area contributed by atoms with Gasteiger partial charge in [-0.15, -0.1) is 0 Å². The zero-order chi connectivity index (χ0) is 27.1. The van der Waals surface area contributed by atoms with E-state index >= 15 is 0 Å². The van der Waals surface area contributed by atoms with Gasteiger partial charge >= 0.3 is 0 Å². The van der Waals surface area contributed by atoms with Gasteiger partial charge in [-0.25, -0.2) is 4.39 Å². The summed E-state index contributed by atoms with van der Waals surface area (Å²) in [4.78, 5) is 40.6. The van der Waals surface area contributed by atoms with Gasteiger partial charge in [0, 0.05) is 27.8 Å². The Bertz CT molecular complexity index is 1490. The summed E-state index contributed by atoms with van der Waals surface area (Å²) in [6.07, 6.45) is 0.0235. The highest BCUT2D eigenvalue weighted by atomic mass is 19.1. The number of phenols is 1. The minimum Gasteiger partial charge on any atom is -0.510 e. The Morgan fingerprint density at radius 3 is 2.46 bits per heavy atom. The molecule has 2 aromatic rings. The molecule has 0 unspecified atom stereocenters. The summed E-state index contributed by atoms with van der Waals surface area (Å²) in [6, 6.07) is 2.58. The molecule has 10 nitrogen and oxygen atoms in total. The van der Waals surface area contributed by atoms with Crippen LogP contribution in [0.4, 0.5) is 4.39 Å². The lowest BCUT2D eigenvalue weighted by Crippen LogP contribution is -2.63. The van der Waals surface area contributed by atoms with E-state index in [9.17, 15) is 39.2 Å². The summed E-state index contributed by atoms with van der Waals surface area (Å²) in [5.74, 6) is -7.89. The molecule has 2 aromatic carbocycles. The van der Waals surface area contributed by atoms with Crippen molar-refractivity contribution in [2.24, 2.45) is 17.6 Å². The summed E-state index contributed by atoms with van der Waals surface area (Å²) < 4.78 is 19.6. The van der Waals surface area contributed by atoms with E-state index in [1.54, 1.807) is 14.1 Å². The molecular weight excluding hydrogens is 487 g/mol. The number of benzene rings is 2. The number of aliphatic hydroxyl groups excluding tert-OH is 2. The van der Waals surface area contributed by atoms with Crippen molar-refractivity contribution in [1.82, 2.24) is 4.90 Å². The Morgan fingerprint density at radius 2 is 1.86 bits per heavy atom. The van der Waals surface area contributed by atoms with Gasteiger partial charge in [0.1, 0.15) is 34.4 Å². The van der Waals surface area contributed by atoms with Gasteiger partial charge < -0.3 is 30.9 Å². The van der Waals surface area contributed by atoms with Crippen LogP contribution in [0.5, 0.6) is 11.5 Å². The minimum absolute atomic E-state index is 0.0140. The number of amides is 1. The van der Waals surface area contributed by atoms with Gasteiger partial charge in [0.15, 0.2) is 11.4 Å². The highest BCUT2D eigenvalue weighted by Crippen LogP contribution is 2.54. The number of fused-ring (bicyclic) bond motifs is 4. The van der Waals surface area contributed by atoms with Crippen molar-refractivity contribution in [3.8, 4) is 11.5 Å². The first kappa shape index (κ1) is 24.7. The molecule has 0 aliphatic heterocycles. The number of hydrogen-bond acceptors (Lipinski definition) is 9. The number of Topliss-reactive ketones (excluding diaryl/α,β-unsaturated/α-hetero) is 2. The second kappa shape index (κ2) is 8.02. The number of likely N-dealkylation sites (N-methyl/N-ethyl adjacent to an activating group) is 1. The van der Waals surface area contributed by atoms with Crippen LogP contribution in [0.25, 0.3) is 10.8 Å². The number of aromatic hydroxyl groups is 1. The molecule has 3 aliphatic rings. The number of rotatable bonds is 3. The zero-order valence-corrected chi connectivity index (χ0v) is 20.2.